The van der Waals surface area contributed by atoms with Gasteiger partial charge in [-0.15, -0.1) is 0 Å². The first-order valence-corrected chi connectivity index (χ1v) is 10.6. The highest BCUT2D eigenvalue weighted by Gasteiger charge is 2.28. The fraction of sp³-hybridized carbons (Fsp3) is 0.115. The Labute approximate surface area is 191 Å². The molecule has 3 aromatic carbocycles. The number of amides is 2. The van der Waals surface area contributed by atoms with E-state index in [0.717, 1.165) is 16.8 Å². The highest BCUT2D eigenvalue weighted by molar-refractivity contribution is 6.37. The van der Waals surface area contributed by atoms with Crippen LogP contribution < -0.4 is 15.5 Å². The van der Waals surface area contributed by atoms with E-state index in [-0.39, 0.29) is 18.2 Å². The van der Waals surface area contributed by atoms with Gasteiger partial charge in [-0.2, -0.15) is 0 Å². The Kier molecular flexibility index (Phi) is 6.22. The predicted octanol–water partition coefficient (Wildman–Crippen LogP) is 4.45. The fourth-order valence-electron chi connectivity index (χ4n) is 3.77. The fourth-order valence-corrected chi connectivity index (χ4v) is 3.77. The summed E-state index contributed by atoms with van der Waals surface area (Å²) < 4.78 is 0. The van der Waals surface area contributed by atoms with Crippen LogP contribution in [0.4, 0.5) is 17.1 Å². The van der Waals surface area contributed by atoms with Crippen molar-refractivity contribution < 1.29 is 19.5 Å². The van der Waals surface area contributed by atoms with Crippen molar-refractivity contribution in [3.63, 3.8) is 0 Å². The summed E-state index contributed by atoms with van der Waals surface area (Å²) >= 11 is 0. The van der Waals surface area contributed by atoms with Gasteiger partial charge in [0.1, 0.15) is 6.54 Å². The molecule has 0 saturated carbocycles. The van der Waals surface area contributed by atoms with Crippen LogP contribution in [0.1, 0.15) is 24.5 Å². The maximum atomic E-state index is 12.9. The van der Waals surface area contributed by atoms with Gasteiger partial charge in [0.2, 0.25) is 5.91 Å². The number of hydrogen-bond donors (Lipinski definition) is 3. The van der Waals surface area contributed by atoms with Crippen LogP contribution in [-0.2, 0) is 14.4 Å². The third-order valence-corrected chi connectivity index (χ3v) is 5.33. The smallest absolute Gasteiger partial charge is 0.323 e. The first-order valence-electron chi connectivity index (χ1n) is 10.6. The van der Waals surface area contributed by atoms with Gasteiger partial charge in [-0.1, -0.05) is 55.5 Å². The van der Waals surface area contributed by atoms with Crippen LogP contribution in [-0.4, -0.2) is 29.4 Å². The molecule has 0 unspecified atom stereocenters. The predicted molar refractivity (Wildman–Crippen MR) is 129 cm³/mol. The largest absolute Gasteiger partial charge is 0.480 e. The van der Waals surface area contributed by atoms with E-state index in [1.165, 1.54) is 4.90 Å². The van der Waals surface area contributed by atoms with Gasteiger partial charge >= 0.3 is 5.97 Å². The lowest BCUT2D eigenvalue weighted by Gasteiger charge is -2.21. The molecule has 7 heteroatoms. The highest BCUT2D eigenvalue weighted by atomic mass is 16.4. The third kappa shape index (κ3) is 4.62. The zero-order chi connectivity index (χ0) is 23.4. The number of para-hydroxylation sites is 1. The highest BCUT2D eigenvalue weighted by Crippen LogP contribution is 2.37. The average molecular weight is 441 g/mol. The molecule has 0 aromatic heterocycles. The summed E-state index contributed by atoms with van der Waals surface area (Å²) in [6, 6.07) is 24.0. The lowest BCUT2D eigenvalue weighted by atomic mass is 10.00. The molecule has 0 radical (unpaired) electrons. The Balaban J connectivity index is 1.72. The minimum absolute atomic E-state index is 0.194. The normalized spacial score (nSPS) is 13.7. The van der Waals surface area contributed by atoms with E-state index >= 15 is 0 Å². The van der Waals surface area contributed by atoms with E-state index in [0.29, 0.717) is 22.6 Å². The number of anilines is 3. The van der Waals surface area contributed by atoms with Gasteiger partial charge in [-0.3, -0.25) is 14.4 Å². The molecule has 4 rings (SSSR count). The molecule has 0 fully saturated rings. The second-order valence-corrected chi connectivity index (χ2v) is 7.51. The van der Waals surface area contributed by atoms with Crippen molar-refractivity contribution in [2.24, 2.45) is 0 Å². The number of carboxylic acids is 1. The molecule has 0 spiro atoms. The summed E-state index contributed by atoms with van der Waals surface area (Å²) in [5, 5.41) is 15.4. The zero-order valence-electron chi connectivity index (χ0n) is 18.0. The van der Waals surface area contributed by atoms with Crippen molar-refractivity contribution in [1.29, 1.82) is 0 Å². The van der Waals surface area contributed by atoms with Gasteiger partial charge in [0.25, 0.3) is 5.91 Å². The molecule has 3 N–H and O–H groups in total. The first-order chi connectivity index (χ1) is 16.0. The summed E-state index contributed by atoms with van der Waals surface area (Å²) in [5.41, 5.74) is 4.79. The number of nitrogens with one attached hydrogen (secondary N) is 2. The third-order valence-electron chi connectivity index (χ3n) is 5.33. The molecule has 33 heavy (non-hydrogen) atoms. The van der Waals surface area contributed by atoms with Crippen molar-refractivity contribution in [3.05, 3.63) is 90.0 Å². The Morgan fingerprint density at radius 1 is 0.939 bits per heavy atom. The minimum Gasteiger partial charge on any atom is -0.480 e. The molecule has 1 aliphatic rings. The van der Waals surface area contributed by atoms with Gasteiger partial charge in [-0.25, -0.2) is 0 Å². The van der Waals surface area contributed by atoms with E-state index < -0.39 is 12.5 Å². The summed E-state index contributed by atoms with van der Waals surface area (Å²) in [4.78, 5) is 37.5. The van der Waals surface area contributed by atoms with E-state index in [1.807, 2.05) is 54.6 Å². The number of hydrogen-bond acceptors (Lipinski definition) is 4. The Bertz CT molecular complexity index is 1230. The molecular formula is C26H23N3O4. The van der Waals surface area contributed by atoms with E-state index in [1.54, 1.807) is 31.2 Å². The lowest BCUT2D eigenvalue weighted by molar-refractivity contribution is -0.136. The second-order valence-electron chi connectivity index (χ2n) is 7.51. The number of rotatable bonds is 7. The van der Waals surface area contributed by atoms with Crippen LogP contribution in [0.2, 0.25) is 0 Å². The molecule has 7 nitrogen and oxygen atoms in total. The van der Waals surface area contributed by atoms with Crippen LogP contribution in [0.5, 0.6) is 0 Å². The molecule has 166 valence electrons. The number of fused-ring (bicyclic) bond motifs is 1. The average Bonchev–Trinajstić information content (AvgIpc) is 3.17. The number of benzene rings is 3. The van der Waals surface area contributed by atoms with E-state index in [4.69, 9.17) is 5.11 Å². The first kappa shape index (κ1) is 21.8. The Hall–Kier alpha value is -4.39. The van der Waals surface area contributed by atoms with E-state index in [9.17, 15) is 14.4 Å². The maximum Gasteiger partial charge on any atom is 0.323 e. The summed E-state index contributed by atoms with van der Waals surface area (Å²) in [5.74, 6) is -1.55. The van der Waals surface area contributed by atoms with Crippen LogP contribution in [0, 0.1) is 0 Å². The van der Waals surface area contributed by atoms with Crippen LogP contribution in [0.3, 0.4) is 0 Å². The number of carbonyl (C=O) groups excluding carboxylic acids is 2. The van der Waals surface area contributed by atoms with Crippen LogP contribution >= 0.6 is 0 Å². The molecule has 3 aromatic rings. The molecular weight excluding hydrogens is 418 g/mol. The standard InChI is InChI=1S/C26H23N3O4/c1-2-22(30)29(16-23(31)32)19-14-12-18(13-15-19)27-25(17-8-4-3-5-9-17)24-20-10-6-7-11-21(20)28-26(24)33/h3-15,27H,2,16H2,1H3,(H,28,33)(H,31,32)/b25-24-. The molecule has 2 amide bonds. The molecule has 0 aliphatic carbocycles. The zero-order valence-corrected chi connectivity index (χ0v) is 18.0. The van der Waals surface area contributed by atoms with Gasteiger partial charge in [0.15, 0.2) is 0 Å². The summed E-state index contributed by atoms with van der Waals surface area (Å²) in [7, 11) is 0. The summed E-state index contributed by atoms with van der Waals surface area (Å²) in [6.07, 6.45) is 0.200. The lowest BCUT2D eigenvalue weighted by Crippen LogP contribution is -2.35. The van der Waals surface area contributed by atoms with Crippen molar-refractivity contribution in [1.82, 2.24) is 0 Å². The SMILES string of the molecule is CCC(=O)N(CC(=O)O)c1ccc(N/C(=C2\C(=O)Nc3ccccc32)c2ccccc2)cc1. The van der Waals surface area contributed by atoms with Crippen molar-refractivity contribution in [2.45, 2.75) is 13.3 Å². The van der Waals surface area contributed by atoms with Gasteiger partial charge < -0.3 is 20.6 Å². The number of nitrogens with zero attached hydrogens (tertiary/aromatic N) is 1. The molecule has 0 bridgehead atoms. The number of carboxylic acid groups (broad SMARTS) is 1. The van der Waals surface area contributed by atoms with Crippen molar-refractivity contribution in [3.8, 4) is 0 Å². The maximum absolute atomic E-state index is 12.9. The monoisotopic (exact) mass is 441 g/mol. The quantitative estimate of drug-likeness (QED) is 0.471. The molecule has 0 atom stereocenters. The van der Waals surface area contributed by atoms with Gasteiger partial charge in [0, 0.05) is 29.0 Å². The molecule has 1 aliphatic heterocycles. The van der Waals surface area contributed by atoms with Gasteiger partial charge in [0.05, 0.1) is 11.3 Å². The second kappa shape index (κ2) is 9.40. The van der Waals surface area contributed by atoms with Crippen LogP contribution in [0.25, 0.3) is 11.3 Å². The summed E-state index contributed by atoms with van der Waals surface area (Å²) in [6.45, 7) is 1.28. The molecule has 1 heterocycles. The Morgan fingerprint density at radius 3 is 2.27 bits per heavy atom. The minimum atomic E-state index is -1.08. The number of aliphatic carboxylic acids is 1. The van der Waals surface area contributed by atoms with Crippen molar-refractivity contribution >= 4 is 46.1 Å². The Morgan fingerprint density at radius 2 is 1.61 bits per heavy atom. The topological polar surface area (TPSA) is 98.7 Å². The van der Waals surface area contributed by atoms with Crippen LogP contribution in [0.15, 0.2) is 78.9 Å². The molecule has 0 saturated heterocycles. The number of carbonyl (C=O) groups is 3. The van der Waals surface area contributed by atoms with E-state index in [2.05, 4.69) is 10.6 Å². The van der Waals surface area contributed by atoms with Crippen molar-refractivity contribution in [2.75, 3.05) is 22.1 Å². The van der Waals surface area contributed by atoms with Gasteiger partial charge in [-0.05, 0) is 35.9 Å².